The number of alkyl halides is 2. The highest BCUT2D eigenvalue weighted by Gasteiger charge is 2.44. The Balaban J connectivity index is 0.000000422. The monoisotopic (exact) mass is 1490 g/mol. The van der Waals surface area contributed by atoms with E-state index in [2.05, 4.69) is 0 Å². The number of hydrogen-bond donors (Lipinski definition) is 2. The quantitative estimate of drug-likeness (QED) is 0.0328. The lowest BCUT2D eigenvalue weighted by molar-refractivity contribution is -0.0831. The minimum absolute atomic E-state index is 0. The lowest BCUT2D eigenvalue weighted by atomic mass is 10.2. The molecule has 3 aliphatic rings. The number of aliphatic hydroxyl groups is 2. The zero-order chi connectivity index (χ0) is 75.9. The summed E-state index contributed by atoms with van der Waals surface area (Å²) < 4.78 is 121. The molecule has 0 saturated carbocycles. The van der Waals surface area contributed by atoms with Crippen molar-refractivity contribution in [3.63, 3.8) is 0 Å². The molecule has 35 heteroatoms. The topological polar surface area (TPSA) is 386 Å². The van der Waals surface area contributed by atoms with Gasteiger partial charge in [0.1, 0.15) is 84.8 Å². The summed E-state index contributed by atoms with van der Waals surface area (Å²) in [5.74, 6) is 0. The summed E-state index contributed by atoms with van der Waals surface area (Å²) in [7, 11) is -4.02. The highest BCUT2D eigenvalue weighted by molar-refractivity contribution is 7.86. The predicted molar refractivity (Wildman–Crippen MR) is 368 cm³/mol. The highest BCUT2D eigenvalue weighted by Crippen LogP contribution is 2.34. The number of carbonyl (C=O) groups is 4. The minimum Gasteiger partial charge on any atom is -0.431 e. The van der Waals surface area contributed by atoms with Crippen molar-refractivity contribution in [3.8, 4) is 0 Å². The van der Waals surface area contributed by atoms with Gasteiger partial charge in [-0.2, -0.15) is 8.42 Å². The first kappa shape index (κ1) is 89.1. The van der Waals surface area contributed by atoms with E-state index in [0.29, 0.717) is 5.56 Å². The van der Waals surface area contributed by atoms with Gasteiger partial charge in [-0.05, 0) is 142 Å². The van der Waals surface area contributed by atoms with E-state index in [4.69, 9.17) is 61.4 Å². The lowest BCUT2D eigenvalue weighted by Gasteiger charge is -2.23. The van der Waals surface area contributed by atoms with Crippen LogP contribution in [-0.4, -0.2) is 169 Å². The maximum Gasteiger partial charge on any atom is 0.509 e. The van der Waals surface area contributed by atoms with E-state index < -0.39 is 160 Å². The molecule has 0 aliphatic carbocycles. The van der Waals surface area contributed by atoms with Gasteiger partial charge in [-0.1, -0.05) is 32.5 Å². The summed E-state index contributed by atoms with van der Waals surface area (Å²) in [6, 6.07) is 6.16. The van der Waals surface area contributed by atoms with Gasteiger partial charge in [-0.15, -0.1) is 0 Å². The van der Waals surface area contributed by atoms with Crippen LogP contribution in [0.5, 0.6) is 0 Å². The fraction of sp³-hybridized carbons (Fsp3) is 0.676. The number of hydrogen-bond acceptors (Lipinski definition) is 26. The summed E-state index contributed by atoms with van der Waals surface area (Å²) >= 11 is 0. The fourth-order valence-corrected chi connectivity index (χ4v) is 11.0. The first-order chi connectivity index (χ1) is 46.9. The summed E-state index contributed by atoms with van der Waals surface area (Å²) in [5.41, 5.74) is -5.12. The van der Waals surface area contributed by atoms with E-state index in [9.17, 15) is 70.3 Å². The van der Waals surface area contributed by atoms with Crippen molar-refractivity contribution in [2.45, 2.75) is 266 Å². The van der Waals surface area contributed by atoms with Crippen LogP contribution in [0.2, 0.25) is 0 Å². The highest BCUT2D eigenvalue weighted by atomic mass is 32.2. The lowest BCUT2D eigenvalue weighted by Crippen LogP contribution is -2.42. The molecule has 6 unspecified atom stereocenters. The Bertz CT molecular complexity index is 3990. The van der Waals surface area contributed by atoms with Crippen molar-refractivity contribution in [2.75, 3.05) is 39.8 Å². The molecule has 4 aromatic rings. The van der Waals surface area contributed by atoms with Gasteiger partial charge in [0.2, 0.25) is 0 Å². The molecule has 0 bridgehead atoms. The van der Waals surface area contributed by atoms with Crippen LogP contribution in [-0.2, 0) is 86.0 Å². The van der Waals surface area contributed by atoms with Crippen molar-refractivity contribution in [2.24, 2.45) is 0 Å². The first-order valence-corrected chi connectivity index (χ1v) is 34.1. The van der Waals surface area contributed by atoms with Gasteiger partial charge in [0.25, 0.3) is 26.8 Å². The largest absolute Gasteiger partial charge is 0.509 e. The average molecular weight is 1490 g/mol. The fourth-order valence-electron chi connectivity index (χ4n) is 10.1. The second kappa shape index (κ2) is 38.1. The summed E-state index contributed by atoms with van der Waals surface area (Å²) in [4.78, 5) is 125. The number of nitrogens with zero attached hydrogens (tertiary/aromatic N) is 6. The van der Waals surface area contributed by atoms with Crippen LogP contribution in [0.15, 0.2) is 76.5 Å². The summed E-state index contributed by atoms with van der Waals surface area (Å²) in [6.45, 7) is 23.6. The number of halogens is 2. The molecule has 3 fully saturated rings. The minimum atomic E-state index is -4.02. The van der Waals surface area contributed by atoms with Gasteiger partial charge in [0.15, 0.2) is 0 Å². The number of ether oxygens (including phenoxy) is 11. The molecule has 103 heavy (non-hydrogen) atoms. The molecule has 3 aliphatic heterocycles. The standard InChI is InChI=1S/C30H42N2O12S.C23H35FN2O9.C13H19FN2O5.2CH4/c1-19-10-12-21(13-11-19)45(37,38)40-15-9-14-31-25(33)20(2)17-32(26(31)34)24-16-22(42-28(36)44-30(6,7)8)23(41-24)18-39-27(35)43-29(3,4)5;1-14-12-26(19(28)25(18(14)27)10-8-9-24)17-11-15(33-21(30)35-23(5,6)7)16(32-17)13-31-20(29)34-22(2,3)4;1-8-6-16(11-5-9(18)10(7-17)21-11)13(20)15(12(8)19)4-2-3-14;;/h10-13,17,22-24H,9,14-16,18H2,1-8H3;12,15-17H,8-11,13H2,1-7H3;6,9-11,17-18H,2-5,7H2,1H3;2*1H4/t22?,23-,24?;15?,16-,17?;9?,10-,11?;;/m111../s1/i;24-1;14-1;;. The molecule has 2 N–H and O–H groups in total. The van der Waals surface area contributed by atoms with Crippen molar-refractivity contribution < 1.29 is 103 Å². The number of benzene rings is 1. The predicted octanol–water partition coefficient (Wildman–Crippen LogP) is 7.81. The smallest absolute Gasteiger partial charge is 0.431 e. The van der Waals surface area contributed by atoms with Gasteiger partial charge < -0.3 is 62.3 Å². The van der Waals surface area contributed by atoms with Crippen LogP contribution in [0.4, 0.5) is 28.0 Å². The molecule has 32 nitrogen and oxygen atoms in total. The zero-order valence-corrected chi connectivity index (χ0v) is 60.7. The average Bonchev–Trinajstić information content (AvgIpc) is 1.69. The van der Waals surface area contributed by atoms with Gasteiger partial charge in [-0.25, -0.2) is 33.6 Å². The van der Waals surface area contributed by atoms with Crippen molar-refractivity contribution in [1.82, 2.24) is 27.4 Å². The maximum atomic E-state index is 13.5. The molecule has 9 atom stereocenters. The van der Waals surface area contributed by atoms with E-state index in [1.807, 2.05) is 6.92 Å². The van der Waals surface area contributed by atoms with E-state index in [0.717, 1.165) is 19.3 Å². The van der Waals surface area contributed by atoms with E-state index in [1.54, 1.807) is 102 Å². The molecule has 7 rings (SSSR count). The van der Waals surface area contributed by atoms with Crippen molar-refractivity contribution in [3.05, 3.63) is 128 Å². The van der Waals surface area contributed by atoms with E-state index >= 15 is 0 Å². The van der Waals surface area contributed by atoms with Crippen molar-refractivity contribution >= 4 is 34.7 Å². The van der Waals surface area contributed by atoms with Crippen LogP contribution in [0.25, 0.3) is 0 Å². The Morgan fingerprint density at radius 3 is 1.15 bits per heavy atom. The molecular formula is C68H104F2N6O26S. The van der Waals surface area contributed by atoms with Crippen LogP contribution < -0.4 is 33.7 Å². The molecule has 0 radical (unpaired) electrons. The Morgan fingerprint density at radius 1 is 0.505 bits per heavy atom. The first-order valence-electron chi connectivity index (χ1n) is 32.7. The normalized spacial score (nSPS) is 20.3. The van der Waals surface area contributed by atoms with Gasteiger partial charge in [-0.3, -0.25) is 54.8 Å². The molecule has 3 aromatic heterocycles. The van der Waals surface area contributed by atoms with Crippen LogP contribution >= 0.6 is 0 Å². The van der Waals surface area contributed by atoms with Gasteiger partial charge >= 0.3 is 41.7 Å². The Labute approximate surface area is 596 Å². The third-order valence-corrected chi connectivity index (χ3v) is 16.0. The molecule has 582 valence electrons. The maximum absolute atomic E-state index is 13.5. The molecule has 0 amide bonds. The summed E-state index contributed by atoms with van der Waals surface area (Å²) in [5, 5.41) is 18.8. The number of aliphatic hydroxyl groups excluding tert-OH is 2. The van der Waals surface area contributed by atoms with Crippen LogP contribution in [0, 0.1) is 27.7 Å². The molecule has 1 aromatic carbocycles. The number of aryl methyl sites for hydroxylation is 4. The third-order valence-electron chi connectivity index (χ3n) is 14.7. The van der Waals surface area contributed by atoms with Crippen LogP contribution in [0.1, 0.15) is 177 Å². The number of rotatable bonds is 22. The SMILES string of the molecule is C.C.Cc1ccc(S(=O)(=O)OCCCn2c(=O)c(C)cn(C3CC(OC(=O)OC(C)(C)C)[C@@H](COC(=O)OC(C)(C)C)O3)c2=O)cc1.Cc1cn(C2CC(O)[C@@H](CO)O2)c(=O)n(CCC[18F])c1=O.Cc1cn(C2CC(OC(=O)OC(C)(C)C)[C@@H](COC(=O)OC(C)(C)C)O2)c(=O)n(CCC[18F])c1=O. The Morgan fingerprint density at radius 2 is 0.825 bits per heavy atom. The molecule has 6 heterocycles. The molecule has 0 spiro atoms. The number of aromatic nitrogens is 6. The second-order valence-corrected chi connectivity index (χ2v) is 29.7. The second-order valence-electron chi connectivity index (χ2n) is 28.0. The third kappa shape index (κ3) is 26.8. The van der Waals surface area contributed by atoms with Crippen molar-refractivity contribution in [1.29, 1.82) is 0 Å². The Hall–Kier alpha value is -8.09. The number of carbonyl (C=O) groups excluding carboxylic acids is 4. The molecular weight excluding hydrogens is 1380 g/mol. The van der Waals surface area contributed by atoms with E-state index in [-0.39, 0.29) is 115 Å². The van der Waals surface area contributed by atoms with Gasteiger partial charge in [0, 0.05) is 74.2 Å². The zero-order valence-electron chi connectivity index (χ0n) is 59.9. The Kier molecular flexibility index (Phi) is 32.9. The van der Waals surface area contributed by atoms with Gasteiger partial charge in [0.05, 0.1) is 37.6 Å². The van der Waals surface area contributed by atoms with Crippen LogP contribution in [0.3, 0.4) is 0 Å². The molecule has 3 saturated heterocycles. The van der Waals surface area contributed by atoms with E-state index in [1.165, 1.54) is 58.3 Å². The summed E-state index contributed by atoms with van der Waals surface area (Å²) in [6.07, 6.45) is -7.76.